The Morgan fingerprint density at radius 2 is 2.27 bits per heavy atom. The van der Waals surface area contributed by atoms with Crippen LogP contribution < -0.4 is 0 Å². The first-order valence-electron chi connectivity index (χ1n) is 5.14. The molecule has 0 bridgehead atoms. The van der Waals surface area contributed by atoms with Gasteiger partial charge in [0.25, 0.3) is 0 Å². The highest BCUT2D eigenvalue weighted by atomic mass is 79.9. The van der Waals surface area contributed by atoms with E-state index in [0.29, 0.717) is 6.04 Å². The Hall–Kier alpha value is 0.1000. The fraction of sp³-hybridized carbons (Fsp3) is 0.636. The van der Waals surface area contributed by atoms with Gasteiger partial charge in [0, 0.05) is 24.6 Å². The summed E-state index contributed by atoms with van der Waals surface area (Å²) in [7, 11) is 1.76. The summed E-state index contributed by atoms with van der Waals surface area (Å²) in [6.07, 6.45) is 0. The monoisotopic (exact) mass is 291 g/mol. The minimum atomic E-state index is 0.473. The summed E-state index contributed by atoms with van der Waals surface area (Å²) in [5, 5.41) is 0. The number of thiophene rings is 1. The molecule has 1 aromatic rings. The van der Waals surface area contributed by atoms with E-state index in [0.717, 1.165) is 19.7 Å². The second kappa shape index (κ2) is 6.63. The fourth-order valence-electron chi connectivity index (χ4n) is 1.56. The van der Waals surface area contributed by atoms with Crippen molar-refractivity contribution in [2.24, 2.45) is 0 Å². The van der Waals surface area contributed by atoms with Crippen molar-refractivity contribution in [1.29, 1.82) is 0 Å². The number of hydrogen-bond acceptors (Lipinski definition) is 3. The molecular weight excluding hydrogens is 274 g/mol. The number of halogens is 1. The Kier molecular flexibility index (Phi) is 5.82. The number of rotatable bonds is 6. The quantitative estimate of drug-likeness (QED) is 0.797. The zero-order valence-electron chi connectivity index (χ0n) is 9.50. The molecule has 1 rings (SSSR count). The van der Waals surface area contributed by atoms with Crippen LogP contribution in [0, 0.1) is 0 Å². The summed E-state index contributed by atoms with van der Waals surface area (Å²) in [4.78, 5) is 3.81. The zero-order valence-corrected chi connectivity index (χ0v) is 11.9. The van der Waals surface area contributed by atoms with E-state index in [1.807, 2.05) is 0 Å². The van der Waals surface area contributed by atoms with E-state index in [-0.39, 0.29) is 0 Å². The van der Waals surface area contributed by atoms with Gasteiger partial charge in [0.15, 0.2) is 0 Å². The number of hydrogen-bond donors (Lipinski definition) is 0. The molecule has 0 N–H and O–H groups in total. The SMILES string of the molecule is CCN(Cc1ccc(Br)s1)C(C)COC. The van der Waals surface area contributed by atoms with Gasteiger partial charge in [-0.2, -0.15) is 0 Å². The van der Waals surface area contributed by atoms with E-state index >= 15 is 0 Å². The molecule has 0 spiro atoms. The van der Waals surface area contributed by atoms with Gasteiger partial charge in [0.05, 0.1) is 10.4 Å². The Bertz CT molecular complexity index is 290. The zero-order chi connectivity index (χ0) is 11.3. The molecule has 15 heavy (non-hydrogen) atoms. The molecule has 0 saturated heterocycles. The molecule has 0 aromatic carbocycles. The number of nitrogens with zero attached hydrogens (tertiary/aromatic N) is 1. The minimum absolute atomic E-state index is 0.473. The summed E-state index contributed by atoms with van der Waals surface area (Å²) < 4.78 is 6.38. The summed E-state index contributed by atoms with van der Waals surface area (Å²) in [6.45, 7) is 7.25. The second-order valence-corrected chi connectivity index (χ2v) is 6.12. The summed E-state index contributed by atoms with van der Waals surface area (Å²) in [5.41, 5.74) is 0. The fourth-order valence-corrected chi connectivity index (χ4v) is 3.07. The molecule has 0 radical (unpaired) electrons. The lowest BCUT2D eigenvalue weighted by Crippen LogP contribution is -2.35. The molecule has 0 amide bonds. The lowest BCUT2D eigenvalue weighted by atomic mass is 10.3. The minimum Gasteiger partial charge on any atom is -0.383 e. The molecule has 1 atom stereocenters. The van der Waals surface area contributed by atoms with Gasteiger partial charge < -0.3 is 4.74 Å². The third-order valence-electron chi connectivity index (χ3n) is 2.43. The predicted octanol–water partition coefficient (Wildman–Crippen LogP) is 3.37. The highest BCUT2D eigenvalue weighted by Crippen LogP contribution is 2.23. The van der Waals surface area contributed by atoms with E-state index < -0.39 is 0 Å². The maximum absolute atomic E-state index is 5.18. The van der Waals surface area contributed by atoms with E-state index in [4.69, 9.17) is 4.74 Å². The van der Waals surface area contributed by atoms with Gasteiger partial charge in [-0.25, -0.2) is 0 Å². The van der Waals surface area contributed by atoms with Crippen LogP contribution in [0.5, 0.6) is 0 Å². The van der Waals surface area contributed by atoms with Gasteiger partial charge in [-0.15, -0.1) is 11.3 Å². The average molecular weight is 292 g/mol. The highest BCUT2D eigenvalue weighted by molar-refractivity contribution is 9.11. The van der Waals surface area contributed by atoms with Gasteiger partial charge in [0.1, 0.15) is 0 Å². The normalized spacial score (nSPS) is 13.4. The van der Waals surface area contributed by atoms with Gasteiger partial charge in [-0.3, -0.25) is 4.90 Å². The molecular formula is C11H18BrNOS. The van der Waals surface area contributed by atoms with Gasteiger partial charge in [-0.05, 0) is 41.5 Å². The van der Waals surface area contributed by atoms with Crippen molar-refractivity contribution in [2.75, 3.05) is 20.3 Å². The third kappa shape index (κ3) is 4.23. The van der Waals surface area contributed by atoms with Crippen LogP contribution in [0.2, 0.25) is 0 Å². The molecule has 4 heteroatoms. The maximum atomic E-state index is 5.18. The van der Waals surface area contributed by atoms with Gasteiger partial charge in [-0.1, -0.05) is 6.92 Å². The molecule has 1 heterocycles. The van der Waals surface area contributed by atoms with E-state index in [1.54, 1.807) is 18.4 Å². The lowest BCUT2D eigenvalue weighted by Gasteiger charge is -2.26. The largest absolute Gasteiger partial charge is 0.383 e. The van der Waals surface area contributed by atoms with Crippen LogP contribution in [0.25, 0.3) is 0 Å². The molecule has 1 aromatic heterocycles. The molecule has 0 aliphatic heterocycles. The number of ether oxygens (including phenoxy) is 1. The first-order valence-corrected chi connectivity index (χ1v) is 6.75. The predicted molar refractivity (Wildman–Crippen MR) is 69.4 cm³/mol. The van der Waals surface area contributed by atoms with E-state index in [1.165, 1.54) is 8.66 Å². The standard InChI is InChI=1S/C11H18BrNOS/c1-4-13(9(2)8-14-3)7-10-5-6-11(12)15-10/h5-6,9H,4,7-8H2,1-3H3. The average Bonchev–Trinajstić information content (AvgIpc) is 2.61. The molecule has 0 saturated carbocycles. The van der Waals surface area contributed by atoms with Crippen LogP contribution in [-0.4, -0.2) is 31.2 Å². The highest BCUT2D eigenvalue weighted by Gasteiger charge is 2.12. The van der Waals surface area contributed by atoms with Crippen molar-refractivity contribution < 1.29 is 4.74 Å². The Labute approximate surface area is 104 Å². The van der Waals surface area contributed by atoms with Crippen LogP contribution in [-0.2, 0) is 11.3 Å². The number of likely N-dealkylation sites (N-methyl/N-ethyl adjacent to an activating group) is 1. The Morgan fingerprint density at radius 3 is 2.73 bits per heavy atom. The van der Waals surface area contributed by atoms with Gasteiger partial charge in [0.2, 0.25) is 0 Å². The molecule has 0 aliphatic rings. The molecule has 0 fully saturated rings. The van der Waals surface area contributed by atoms with Crippen LogP contribution in [0.4, 0.5) is 0 Å². The summed E-state index contributed by atoms with van der Waals surface area (Å²) >= 11 is 5.29. The molecule has 1 unspecified atom stereocenters. The van der Waals surface area contributed by atoms with Crippen molar-refractivity contribution in [3.8, 4) is 0 Å². The Morgan fingerprint density at radius 1 is 1.53 bits per heavy atom. The second-order valence-electron chi connectivity index (χ2n) is 3.57. The Balaban J connectivity index is 2.53. The maximum Gasteiger partial charge on any atom is 0.0701 e. The smallest absolute Gasteiger partial charge is 0.0701 e. The van der Waals surface area contributed by atoms with E-state index in [2.05, 4.69) is 46.8 Å². The van der Waals surface area contributed by atoms with Crippen LogP contribution in [0.3, 0.4) is 0 Å². The summed E-state index contributed by atoms with van der Waals surface area (Å²) in [5.74, 6) is 0. The van der Waals surface area contributed by atoms with Crippen molar-refractivity contribution in [3.63, 3.8) is 0 Å². The first kappa shape index (κ1) is 13.2. The van der Waals surface area contributed by atoms with Crippen molar-refractivity contribution >= 4 is 27.3 Å². The molecule has 0 aliphatic carbocycles. The van der Waals surface area contributed by atoms with Crippen molar-refractivity contribution in [3.05, 3.63) is 20.8 Å². The molecule has 2 nitrogen and oxygen atoms in total. The van der Waals surface area contributed by atoms with Crippen LogP contribution >= 0.6 is 27.3 Å². The van der Waals surface area contributed by atoms with Gasteiger partial charge >= 0.3 is 0 Å². The van der Waals surface area contributed by atoms with Crippen molar-refractivity contribution in [2.45, 2.75) is 26.4 Å². The third-order valence-corrected chi connectivity index (χ3v) is 4.03. The van der Waals surface area contributed by atoms with E-state index in [9.17, 15) is 0 Å². The first-order chi connectivity index (χ1) is 7.17. The molecule has 86 valence electrons. The lowest BCUT2D eigenvalue weighted by molar-refractivity contribution is 0.0988. The topological polar surface area (TPSA) is 12.5 Å². The number of methoxy groups -OCH3 is 1. The van der Waals surface area contributed by atoms with Crippen LogP contribution in [0.15, 0.2) is 15.9 Å². The van der Waals surface area contributed by atoms with Crippen molar-refractivity contribution in [1.82, 2.24) is 4.90 Å². The summed E-state index contributed by atoms with van der Waals surface area (Å²) in [6, 6.07) is 4.76. The van der Waals surface area contributed by atoms with Crippen LogP contribution in [0.1, 0.15) is 18.7 Å².